The molecule has 16 aromatic rings. The summed E-state index contributed by atoms with van der Waals surface area (Å²) in [6.07, 6.45) is 24.9. The third kappa shape index (κ3) is 27.6. The Bertz CT molecular complexity index is 4280. The van der Waals surface area contributed by atoms with Gasteiger partial charge in [0.2, 0.25) is 5.78 Å². The van der Waals surface area contributed by atoms with Crippen molar-refractivity contribution in [1.82, 2.24) is 83.3 Å². The van der Waals surface area contributed by atoms with Crippen molar-refractivity contribution >= 4 is 82.6 Å². The van der Waals surface area contributed by atoms with Crippen LogP contribution in [-0.2, 0) is 14.1 Å². The smallest absolute Gasteiger partial charge is 0.234 e. The van der Waals surface area contributed by atoms with E-state index in [0.29, 0.717) is 0 Å². The van der Waals surface area contributed by atoms with Gasteiger partial charge in [-0.1, -0.05) is 165 Å². The standard InChI is InChI=1S/2C9H10N2.5C9H8N2.C8H9N3.8C2H6/c2*1-7-10-8-5-3-4-6-9(8)11(7)2;1-7-2-5-11-9-3-4-10-6-8(7)9;1-7-2-5-11-9-6-10-4-3-8(7)9;1-7-4-6-11-9-8(7)3-2-5-10-9;1-7-3-2-4-8-5-10-6-11-9(7)8;1-7-3-2-4-8-9(7)11-6-5-10-8;1-6-7(2)11-5-3-4-9-8(11)10-6;8*1-2/h2*3-6H,1-2H3;5*2-6H,1H3;3-5H,1-2H3;8*1-2H3. The molecule has 12 aromatic heterocycles. The van der Waals surface area contributed by atoms with Crippen molar-refractivity contribution in [2.75, 3.05) is 0 Å². The maximum atomic E-state index is 4.38. The van der Waals surface area contributed by atoms with Gasteiger partial charge >= 0.3 is 0 Å². The molecule has 0 aliphatic rings. The molecule has 0 bridgehead atoms. The molecule has 0 unspecified atom stereocenters. The fourth-order valence-corrected chi connectivity index (χ4v) is 9.33. The summed E-state index contributed by atoms with van der Waals surface area (Å²) >= 11 is 0. The van der Waals surface area contributed by atoms with E-state index in [2.05, 4.69) is 125 Å². The topological polar surface area (TPSA) is 195 Å². The number of fused-ring (bicyclic) bond motifs is 8. The van der Waals surface area contributed by atoms with Gasteiger partial charge in [0.05, 0.1) is 61.5 Å². The van der Waals surface area contributed by atoms with E-state index in [-0.39, 0.29) is 0 Å². The van der Waals surface area contributed by atoms with Gasteiger partial charge in [-0.05, 0) is 169 Å². The first kappa shape index (κ1) is 90.8. The second-order valence-electron chi connectivity index (χ2n) is 20.6. The van der Waals surface area contributed by atoms with Crippen LogP contribution in [0.15, 0.2) is 220 Å². The molecule has 17 nitrogen and oxygen atoms in total. The van der Waals surface area contributed by atoms with E-state index < -0.39 is 0 Å². The predicted molar refractivity (Wildman–Crippen MR) is 446 cm³/mol. The molecule has 0 atom stereocenters. The van der Waals surface area contributed by atoms with E-state index in [9.17, 15) is 0 Å². The number of aryl methyl sites for hydroxylation is 11. The van der Waals surface area contributed by atoms with E-state index >= 15 is 0 Å². The van der Waals surface area contributed by atoms with E-state index in [0.717, 1.165) is 89.2 Å². The van der Waals surface area contributed by atoms with Crippen LogP contribution in [0.25, 0.3) is 82.6 Å². The van der Waals surface area contributed by atoms with Crippen LogP contribution in [0.3, 0.4) is 0 Å². The third-order valence-corrected chi connectivity index (χ3v) is 14.6. The largest absolute Gasteiger partial charge is 0.331 e. The Hall–Kier alpha value is -11.2. The lowest BCUT2D eigenvalue weighted by atomic mass is 10.2. The van der Waals surface area contributed by atoms with Gasteiger partial charge in [-0.2, -0.15) is 0 Å². The molecule has 0 fully saturated rings. The van der Waals surface area contributed by atoms with Crippen LogP contribution >= 0.6 is 0 Å². The average Bonchev–Trinajstić information content (AvgIpc) is 1.72. The molecular weight excluding hydrogens is 1280 g/mol. The summed E-state index contributed by atoms with van der Waals surface area (Å²) in [6, 6.07) is 44.1. The molecule has 0 saturated heterocycles. The first-order chi connectivity index (χ1) is 50.7. The molecule has 0 spiro atoms. The highest BCUT2D eigenvalue weighted by Gasteiger charge is 2.05. The van der Waals surface area contributed by atoms with Gasteiger partial charge < -0.3 is 9.13 Å². The Labute approximate surface area is 621 Å². The molecule has 16 rings (SSSR count). The van der Waals surface area contributed by atoms with Crippen LogP contribution in [0, 0.1) is 62.3 Å². The zero-order chi connectivity index (χ0) is 77.9. The van der Waals surface area contributed by atoms with Crippen LogP contribution in [0.1, 0.15) is 162 Å². The third-order valence-electron chi connectivity index (χ3n) is 14.6. The lowest BCUT2D eigenvalue weighted by Crippen LogP contribution is -1.89. The highest BCUT2D eigenvalue weighted by atomic mass is 15.1. The van der Waals surface area contributed by atoms with Crippen molar-refractivity contribution in [3.63, 3.8) is 0 Å². The summed E-state index contributed by atoms with van der Waals surface area (Å²) in [4.78, 5) is 58.3. The molecule has 0 radical (unpaired) electrons. The van der Waals surface area contributed by atoms with Gasteiger partial charge in [-0.3, -0.25) is 34.3 Å². The first-order valence-electron chi connectivity index (χ1n) is 36.6. The minimum atomic E-state index is 0.780. The fourth-order valence-electron chi connectivity index (χ4n) is 9.33. The number of benzene rings is 4. The molecule has 104 heavy (non-hydrogen) atoms. The van der Waals surface area contributed by atoms with Crippen molar-refractivity contribution in [2.45, 2.75) is 173 Å². The van der Waals surface area contributed by atoms with Crippen LogP contribution in [0.2, 0.25) is 0 Å². The van der Waals surface area contributed by atoms with Crippen molar-refractivity contribution in [2.24, 2.45) is 14.1 Å². The number of pyridine rings is 6. The Morgan fingerprint density at radius 2 is 0.769 bits per heavy atom. The summed E-state index contributed by atoms with van der Waals surface area (Å²) in [7, 11) is 4.06. The van der Waals surface area contributed by atoms with Gasteiger partial charge in [-0.25, -0.2) is 39.9 Å². The number of aromatic nitrogens is 17. The minimum absolute atomic E-state index is 0.780. The van der Waals surface area contributed by atoms with E-state index in [1.165, 1.54) is 44.2 Å². The van der Waals surface area contributed by atoms with Gasteiger partial charge in [0.15, 0.2) is 5.65 Å². The maximum Gasteiger partial charge on any atom is 0.234 e. The zero-order valence-electron chi connectivity index (χ0n) is 67.4. The number of hydrogen-bond donors (Lipinski definition) is 0. The van der Waals surface area contributed by atoms with Crippen molar-refractivity contribution in [1.29, 1.82) is 0 Å². The lowest BCUT2D eigenvalue weighted by molar-refractivity contribution is 0.886. The second kappa shape index (κ2) is 52.7. The Morgan fingerprint density at radius 3 is 1.32 bits per heavy atom. The Kier molecular flexibility index (Phi) is 46.0. The SMILES string of the molecule is CC.CC.CC.CC.CC.CC.CC.CC.Cc1cccc2cncnc12.Cc1cccc2nccnc12.Cc1ccnc2ccncc12.Cc1ccnc2cnccc12.Cc1ccnc2ncccc12.Cc1nc2ccccc2n1C.Cc1nc2ccccc2n1C.Cc1nc2ncccn2c1C. The molecule has 550 valence electrons. The molecular formula is C87H117N17. The highest BCUT2D eigenvalue weighted by molar-refractivity contribution is 5.83. The number of hydrogen-bond acceptors (Lipinski definition) is 14. The quantitative estimate of drug-likeness (QED) is 0.139. The van der Waals surface area contributed by atoms with Crippen LogP contribution in [0.4, 0.5) is 0 Å². The summed E-state index contributed by atoms with van der Waals surface area (Å²) in [5.74, 6) is 2.90. The van der Waals surface area contributed by atoms with Crippen molar-refractivity contribution < 1.29 is 0 Å². The summed E-state index contributed by atoms with van der Waals surface area (Å²) in [6.45, 7) is 50.3. The number of nitrogens with zero attached hydrogens (tertiary/aromatic N) is 17. The van der Waals surface area contributed by atoms with E-state index in [1.807, 2.05) is 304 Å². The van der Waals surface area contributed by atoms with Gasteiger partial charge in [0.25, 0.3) is 0 Å². The molecule has 0 saturated carbocycles. The molecule has 0 aliphatic heterocycles. The summed E-state index contributed by atoms with van der Waals surface area (Å²) in [5, 5.41) is 4.56. The predicted octanol–water partition coefficient (Wildman–Crippen LogP) is 23.0. The molecule has 0 N–H and O–H groups in total. The zero-order valence-corrected chi connectivity index (χ0v) is 67.4. The molecule has 0 amide bonds. The number of para-hydroxylation sites is 6. The van der Waals surface area contributed by atoms with Gasteiger partial charge in [0, 0.05) is 116 Å². The van der Waals surface area contributed by atoms with E-state index in [1.54, 1.807) is 62.1 Å². The maximum absolute atomic E-state index is 4.38. The van der Waals surface area contributed by atoms with E-state index in [4.69, 9.17) is 0 Å². The highest BCUT2D eigenvalue weighted by Crippen LogP contribution is 2.18. The fraction of sp³-hybridized carbons (Fsp3) is 0.310. The van der Waals surface area contributed by atoms with Crippen molar-refractivity contribution in [3.05, 3.63) is 271 Å². The molecule has 4 aromatic carbocycles. The molecule has 12 heterocycles. The Balaban J connectivity index is 0.000000578. The average molecular weight is 1400 g/mol. The Morgan fingerprint density at radius 1 is 0.288 bits per heavy atom. The van der Waals surface area contributed by atoms with Crippen LogP contribution in [0.5, 0.6) is 0 Å². The van der Waals surface area contributed by atoms with Gasteiger partial charge in [0.1, 0.15) is 18.0 Å². The summed E-state index contributed by atoms with van der Waals surface area (Å²) in [5.41, 5.74) is 18.6. The van der Waals surface area contributed by atoms with Crippen LogP contribution in [-0.4, -0.2) is 83.3 Å². The van der Waals surface area contributed by atoms with Crippen molar-refractivity contribution in [3.8, 4) is 0 Å². The first-order valence-corrected chi connectivity index (χ1v) is 36.6. The normalized spacial score (nSPS) is 9.30. The second-order valence-corrected chi connectivity index (χ2v) is 20.6. The number of rotatable bonds is 0. The lowest BCUT2D eigenvalue weighted by Gasteiger charge is -1.97. The molecule has 0 aliphatic carbocycles. The van der Waals surface area contributed by atoms with Gasteiger partial charge in [-0.15, -0.1) is 0 Å². The summed E-state index contributed by atoms with van der Waals surface area (Å²) < 4.78 is 6.17. The minimum Gasteiger partial charge on any atom is -0.331 e. The monoisotopic (exact) mass is 1400 g/mol. The molecule has 17 heteroatoms. The van der Waals surface area contributed by atoms with Crippen LogP contribution < -0.4 is 0 Å². The number of imidazole rings is 3.